The highest BCUT2D eigenvalue weighted by Crippen LogP contribution is 2.23. The van der Waals surface area contributed by atoms with Crippen LogP contribution in [-0.4, -0.2) is 37.1 Å². The summed E-state index contributed by atoms with van der Waals surface area (Å²) in [4.78, 5) is 2.78. The number of nitrogens with zero attached hydrogens (tertiary/aromatic N) is 1. The second kappa shape index (κ2) is 8.93. The van der Waals surface area contributed by atoms with Gasteiger partial charge in [-0.3, -0.25) is 0 Å². The van der Waals surface area contributed by atoms with Crippen molar-refractivity contribution >= 4 is 0 Å². The van der Waals surface area contributed by atoms with Gasteiger partial charge < -0.3 is 10.2 Å². The van der Waals surface area contributed by atoms with Gasteiger partial charge in [-0.1, -0.05) is 26.7 Å². The summed E-state index contributed by atoms with van der Waals surface area (Å²) >= 11 is 0. The van der Waals surface area contributed by atoms with E-state index >= 15 is 0 Å². The third-order valence-electron chi connectivity index (χ3n) is 4.22. The van der Waals surface area contributed by atoms with Crippen LogP contribution in [0, 0.1) is 0 Å². The first-order valence-corrected chi connectivity index (χ1v) is 7.73. The zero-order valence-electron chi connectivity index (χ0n) is 12.2. The van der Waals surface area contributed by atoms with E-state index in [2.05, 4.69) is 31.1 Å². The van der Waals surface area contributed by atoms with Crippen molar-refractivity contribution in [3.8, 4) is 0 Å². The Morgan fingerprint density at radius 2 is 1.47 bits per heavy atom. The van der Waals surface area contributed by atoms with Crippen molar-refractivity contribution in [2.45, 2.75) is 77.3 Å². The van der Waals surface area contributed by atoms with E-state index in [-0.39, 0.29) is 0 Å². The molecule has 0 aromatic heterocycles. The maximum atomic E-state index is 3.43. The van der Waals surface area contributed by atoms with Crippen LogP contribution in [-0.2, 0) is 0 Å². The van der Waals surface area contributed by atoms with Crippen molar-refractivity contribution in [1.29, 1.82) is 0 Å². The molecule has 0 aromatic rings. The summed E-state index contributed by atoms with van der Waals surface area (Å²) < 4.78 is 0. The van der Waals surface area contributed by atoms with E-state index in [9.17, 15) is 0 Å². The Morgan fingerprint density at radius 3 is 1.88 bits per heavy atom. The molecule has 1 rings (SSSR count). The summed E-state index contributed by atoms with van der Waals surface area (Å²) in [6, 6.07) is 1.66. The van der Waals surface area contributed by atoms with Gasteiger partial charge in [0, 0.05) is 12.1 Å². The van der Waals surface area contributed by atoms with Crippen LogP contribution in [0.3, 0.4) is 0 Å². The topological polar surface area (TPSA) is 15.3 Å². The van der Waals surface area contributed by atoms with Crippen LogP contribution < -0.4 is 5.32 Å². The lowest BCUT2D eigenvalue weighted by Gasteiger charge is -2.37. The summed E-state index contributed by atoms with van der Waals surface area (Å²) in [6.07, 6.45) is 10.9. The van der Waals surface area contributed by atoms with Gasteiger partial charge in [-0.25, -0.2) is 0 Å². The molecule has 2 heteroatoms. The second-order valence-corrected chi connectivity index (χ2v) is 5.54. The Balaban J connectivity index is 2.34. The molecule has 0 aromatic carbocycles. The van der Waals surface area contributed by atoms with Crippen molar-refractivity contribution in [3.63, 3.8) is 0 Å². The minimum atomic E-state index is 0.783. The molecule has 0 aliphatic heterocycles. The van der Waals surface area contributed by atoms with Gasteiger partial charge in [0.2, 0.25) is 0 Å². The minimum Gasteiger partial charge on any atom is -0.317 e. The monoisotopic (exact) mass is 240 g/mol. The summed E-state index contributed by atoms with van der Waals surface area (Å²) in [5.74, 6) is 0. The lowest BCUT2D eigenvalue weighted by Crippen LogP contribution is -2.42. The van der Waals surface area contributed by atoms with Gasteiger partial charge in [0.15, 0.2) is 0 Å². The number of nitrogens with one attached hydrogen (secondary N) is 1. The van der Waals surface area contributed by atoms with Crippen molar-refractivity contribution in [3.05, 3.63) is 0 Å². The Kier molecular flexibility index (Phi) is 7.87. The first-order chi connectivity index (χ1) is 8.31. The van der Waals surface area contributed by atoms with Crippen LogP contribution >= 0.6 is 0 Å². The average Bonchev–Trinajstić information content (AvgIpc) is 2.39. The summed E-state index contributed by atoms with van der Waals surface area (Å²) in [5, 5.41) is 3.43. The van der Waals surface area contributed by atoms with Crippen molar-refractivity contribution in [2.75, 3.05) is 20.1 Å². The third kappa shape index (κ3) is 5.39. The van der Waals surface area contributed by atoms with Gasteiger partial charge in [0.05, 0.1) is 0 Å². The quantitative estimate of drug-likeness (QED) is 0.699. The van der Waals surface area contributed by atoms with Crippen LogP contribution in [0.1, 0.15) is 65.2 Å². The van der Waals surface area contributed by atoms with Gasteiger partial charge in [-0.2, -0.15) is 0 Å². The standard InChI is InChI=1S/C15H32N2/c1-4-6-12-17(13-7-5-2)15-10-8-14(16-3)9-11-15/h14-16H,4-13H2,1-3H3. The first kappa shape index (κ1) is 15.0. The lowest BCUT2D eigenvalue weighted by atomic mass is 9.90. The van der Waals surface area contributed by atoms with Crippen LogP contribution in [0.4, 0.5) is 0 Å². The van der Waals surface area contributed by atoms with Crippen LogP contribution in [0.15, 0.2) is 0 Å². The maximum absolute atomic E-state index is 3.43. The molecule has 0 heterocycles. The minimum absolute atomic E-state index is 0.783. The summed E-state index contributed by atoms with van der Waals surface area (Å²) in [5.41, 5.74) is 0. The highest BCUT2D eigenvalue weighted by atomic mass is 15.2. The second-order valence-electron chi connectivity index (χ2n) is 5.54. The fourth-order valence-electron chi connectivity index (χ4n) is 2.93. The SMILES string of the molecule is CCCCN(CCCC)C1CCC(NC)CC1. The highest BCUT2D eigenvalue weighted by Gasteiger charge is 2.24. The molecule has 0 saturated heterocycles. The van der Waals surface area contributed by atoms with Gasteiger partial charge in [-0.05, 0) is 58.7 Å². The molecule has 0 atom stereocenters. The number of hydrogen-bond acceptors (Lipinski definition) is 2. The van der Waals surface area contributed by atoms with Gasteiger partial charge in [-0.15, -0.1) is 0 Å². The van der Waals surface area contributed by atoms with Crippen LogP contribution in [0.2, 0.25) is 0 Å². The predicted octanol–water partition coefficient (Wildman–Crippen LogP) is 3.42. The van der Waals surface area contributed by atoms with E-state index < -0.39 is 0 Å². The first-order valence-electron chi connectivity index (χ1n) is 7.73. The average molecular weight is 240 g/mol. The van der Waals surface area contributed by atoms with Crippen LogP contribution in [0.25, 0.3) is 0 Å². The largest absolute Gasteiger partial charge is 0.317 e. The molecule has 1 saturated carbocycles. The fourth-order valence-corrected chi connectivity index (χ4v) is 2.93. The van der Waals surface area contributed by atoms with Crippen molar-refractivity contribution < 1.29 is 0 Å². The zero-order valence-corrected chi connectivity index (χ0v) is 12.2. The number of unbranched alkanes of at least 4 members (excludes halogenated alkanes) is 2. The molecule has 1 N–H and O–H groups in total. The molecule has 0 bridgehead atoms. The number of rotatable bonds is 8. The van der Waals surface area contributed by atoms with Crippen molar-refractivity contribution in [2.24, 2.45) is 0 Å². The highest BCUT2D eigenvalue weighted by molar-refractivity contribution is 4.82. The summed E-state index contributed by atoms with van der Waals surface area (Å²) in [7, 11) is 2.11. The van der Waals surface area contributed by atoms with Crippen LogP contribution in [0.5, 0.6) is 0 Å². The molecular formula is C15H32N2. The molecule has 1 fully saturated rings. The van der Waals surface area contributed by atoms with Gasteiger partial charge in [0.1, 0.15) is 0 Å². The molecular weight excluding hydrogens is 208 g/mol. The fraction of sp³-hybridized carbons (Fsp3) is 1.00. The van der Waals surface area contributed by atoms with E-state index in [1.807, 2.05) is 0 Å². The summed E-state index contributed by atoms with van der Waals surface area (Å²) in [6.45, 7) is 7.25. The number of hydrogen-bond donors (Lipinski definition) is 1. The Hall–Kier alpha value is -0.0800. The molecule has 0 spiro atoms. The molecule has 1 aliphatic rings. The molecule has 0 radical (unpaired) electrons. The molecule has 0 amide bonds. The maximum Gasteiger partial charge on any atom is 0.00964 e. The van der Waals surface area contributed by atoms with Gasteiger partial charge >= 0.3 is 0 Å². The molecule has 1 aliphatic carbocycles. The normalized spacial score (nSPS) is 25.4. The molecule has 2 nitrogen and oxygen atoms in total. The molecule has 102 valence electrons. The third-order valence-corrected chi connectivity index (χ3v) is 4.22. The van der Waals surface area contributed by atoms with E-state index in [1.165, 1.54) is 64.5 Å². The van der Waals surface area contributed by atoms with E-state index in [1.54, 1.807) is 0 Å². The lowest BCUT2D eigenvalue weighted by molar-refractivity contribution is 0.141. The zero-order chi connectivity index (χ0) is 12.5. The van der Waals surface area contributed by atoms with E-state index in [4.69, 9.17) is 0 Å². The molecule has 0 unspecified atom stereocenters. The smallest absolute Gasteiger partial charge is 0.00964 e. The van der Waals surface area contributed by atoms with Gasteiger partial charge in [0.25, 0.3) is 0 Å². The van der Waals surface area contributed by atoms with E-state index in [0.29, 0.717) is 0 Å². The molecule has 17 heavy (non-hydrogen) atoms. The van der Waals surface area contributed by atoms with E-state index in [0.717, 1.165) is 12.1 Å². The van der Waals surface area contributed by atoms with Crippen molar-refractivity contribution in [1.82, 2.24) is 10.2 Å². The Bertz CT molecular complexity index is 166. The Morgan fingerprint density at radius 1 is 0.941 bits per heavy atom. The predicted molar refractivity (Wildman–Crippen MR) is 76.5 cm³/mol. The Labute approximate surface area is 108 Å².